The number of rotatable bonds is 10. The van der Waals surface area contributed by atoms with Gasteiger partial charge in [-0.3, -0.25) is 28.8 Å². The molecule has 26 heteroatoms. The molecule has 424 valence electrons. The predicted octanol–water partition coefficient (Wildman–Crippen LogP) is 5.08. The number of hydrogen-bond donors (Lipinski definition) is 5. The van der Waals surface area contributed by atoms with Crippen molar-refractivity contribution in [1.29, 1.82) is 0 Å². The molecule has 5 aliphatic rings. The number of aliphatic carboxylic acids is 5. The van der Waals surface area contributed by atoms with E-state index in [4.69, 9.17) is 29.9 Å². The number of carboxylic acid groups (broad SMARTS) is 5. The molecule has 5 N–H and O–H groups in total. The molecule has 5 saturated heterocycles. The molecule has 1 amide bonds. The van der Waals surface area contributed by atoms with Gasteiger partial charge in [0.2, 0.25) is 23.6 Å². The number of pyridine rings is 1. The summed E-state index contributed by atoms with van der Waals surface area (Å²) in [5.74, 6) is -2.46. The Hall–Kier alpha value is -8.45. The Balaban J connectivity index is 0.000000160. The first-order valence-corrected chi connectivity index (χ1v) is 26.2. The lowest BCUT2D eigenvalue weighted by Gasteiger charge is -2.30. The van der Waals surface area contributed by atoms with Gasteiger partial charge in [-0.1, -0.05) is 6.07 Å². The third-order valence-corrected chi connectivity index (χ3v) is 14.1. The van der Waals surface area contributed by atoms with Crippen LogP contribution >= 0.6 is 0 Å². The molecule has 0 aromatic carbocycles. The van der Waals surface area contributed by atoms with Gasteiger partial charge in [-0.2, -0.15) is 0 Å². The van der Waals surface area contributed by atoms with Crippen molar-refractivity contribution in [2.45, 2.75) is 78.1 Å². The summed E-state index contributed by atoms with van der Waals surface area (Å²) < 4.78 is 17.5. The number of aromatic nitrogens is 8. The number of piperidine rings is 5. The zero-order valence-electron chi connectivity index (χ0n) is 44.2. The van der Waals surface area contributed by atoms with Crippen molar-refractivity contribution in [3.63, 3.8) is 0 Å². The summed E-state index contributed by atoms with van der Waals surface area (Å²) in [6.45, 7) is 10.5. The van der Waals surface area contributed by atoms with Crippen LogP contribution in [0.2, 0.25) is 0 Å². The van der Waals surface area contributed by atoms with Crippen LogP contribution in [0.4, 0.5) is 28.1 Å². The van der Waals surface area contributed by atoms with E-state index in [1.165, 1.54) is 12.6 Å². The maximum absolute atomic E-state index is 12.6. The monoisotopic (exact) mass is 1100 g/mol. The standard InChI is InChI=1S/C12H16N2O2.C11H15N3O2.C10H12FN3O2.C10H13N3O2.C10H12N2O4/c1-9-2-3-11(13-8-9)14-6-4-10(5-7-14)12(15)16;1-8-6-12-11(13-7-8)14-4-2-9(3-5-14)10(15)16;11-8-5-12-10(13-6-8)14-3-1-7(2-4-14)9(15)16;14-9(15)8-2-6-13(7-3-8)10-11-4-1-5-12-10;13-9(8-5-11-6-16-8)12-3-1-7(2-4-12)10(14)15/h2-3,8,10H,4-7H2,1H3,(H,15,16);6-7,9H,2-5H2,1H3,(H,15,16);5-7H,1-4H2,(H,15,16);1,4-5,8H,2-3,6-7H2,(H,14,15);5-7H,1-4H2,(H,14,15). The Morgan fingerprint density at radius 2 is 0.810 bits per heavy atom. The third kappa shape index (κ3) is 18.6. The first-order chi connectivity index (χ1) is 37.9. The number of anilines is 4. The van der Waals surface area contributed by atoms with Crippen molar-refractivity contribution in [2.75, 3.05) is 85.0 Å². The molecule has 5 aromatic rings. The zero-order chi connectivity index (χ0) is 56.8. The Morgan fingerprint density at radius 3 is 1.16 bits per heavy atom. The van der Waals surface area contributed by atoms with E-state index in [1.54, 1.807) is 35.8 Å². The molecule has 5 fully saturated rings. The van der Waals surface area contributed by atoms with Gasteiger partial charge in [0.1, 0.15) is 5.82 Å². The highest BCUT2D eigenvalue weighted by molar-refractivity contribution is 5.91. The molecule has 0 spiro atoms. The first kappa shape index (κ1) is 59.8. The van der Waals surface area contributed by atoms with Crippen molar-refractivity contribution in [3.8, 4) is 0 Å². The van der Waals surface area contributed by atoms with Gasteiger partial charge in [0, 0.05) is 96.4 Å². The van der Waals surface area contributed by atoms with Gasteiger partial charge in [-0.05, 0) is 101 Å². The van der Waals surface area contributed by atoms with E-state index in [-0.39, 0.29) is 41.3 Å². The number of likely N-dealkylation sites (tertiary alicyclic amines) is 1. The molecule has 0 unspecified atom stereocenters. The van der Waals surface area contributed by atoms with Gasteiger partial charge >= 0.3 is 29.8 Å². The second-order valence-electron chi connectivity index (χ2n) is 19.7. The molecular weight excluding hydrogens is 1030 g/mol. The topological polar surface area (TPSA) is 336 Å². The average molecular weight is 1100 g/mol. The van der Waals surface area contributed by atoms with Crippen LogP contribution in [0.3, 0.4) is 0 Å². The summed E-state index contributed by atoms with van der Waals surface area (Å²) in [7, 11) is 0. The van der Waals surface area contributed by atoms with Crippen LogP contribution in [0.15, 0.2) is 78.6 Å². The minimum atomic E-state index is -0.785. The molecule has 0 radical (unpaired) electrons. The Bertz CT molecular complexity index is 2510. The maximum Gasteiger partial charge on any atom is 0.306 e. The number of carboxylic acids is 5. The highest BCUT2D eigenvalue weighted by Crippen LogP contribution is 2.25. The quantitative estimate of drug-likeness (QED) is 0.122. The van der Waals surface area contributed by atoms with Crippen molar-refractivity contribution in [2.24, 2.45) is 29.6 Å². The molecule has 0 saturated carbocycles. The summed E-state index contributed by atoms with van der Waals surface area (Å²) >= 11 is 0. The number of halogens is 1. The van der Waals surface area contributed by atoms with E-state index >= 15 is 0 Å². The van der Waals surface area contributed by atoms with Gasteiger partial charge in [-0.15, -0.1) is 0 Å². The molecular formula is C53H68FN13O12. The molecule has 5 aromatic heterocycles. The summed E-state index contributed by atoms with van der Waals surface area (Å²) in [6, 6.07) is 5.80. The smallest absolute Gasteiger partial charge is 0.306 e. The summed E-state index contributed by atoms with van der Waals surface area (Å²) in [5.41, 5.74) is 2.17. The molecule has 10 rings (SSSR count). The van der Waals surface area contributed by atoms with Gasteiger partial charge < -0.3 is 54.4 Å². The summed E-state index contributed by atoms with van der Waals surface area (Å²) in [5, 5.41) is 44.3. The van der Waals surface area contributed by atoms with Crippen LogP contribution in [0.25, 0.3) is 0 Å². The number of oxazole rings is 1. The van der Waals surface area contributed by atoms with E-state index < -0.39 is 35.7 Å². The Morgan fingerprint density at radius 1 is 0.456 bits per heavy atom. The molecule has 25 nitrogen and oxygen atoms in total. The van der Waals surface area contributed by atoms with Gasteiger partial charge in [0.05, 0.1) is 48.2 Å². The largest absolute Gasteiger partial charge is 0.481 e. The van der Waals surface area contributed by atoms with Gasteiger partial charge in [0.15, 0.2) is 12.2 Å². The maximum atomic E-state index is 12.6. The van der Waals surface area contributed by atoms with E-state index in [0.29, 0.717) is 108 Å². The van der Waals surface area contributed by atoms with E-state index in [2.05, 4.69) is 44.8 Å². The van der Waals surface area contributed by atoms with Crippen LogP contribution < -0.4 is 19.6 Å². The number of carbonyl (C=O) groups excluding carboxylic acids is 1. The van der Waals surface area contributed by atoms with Gasteiger partial charge in [-0.25, -0.2) is 44.3 Å². The van der Waals surface area contributed by atoms with Crippen molar-refractivity contribution >= 4 is 59.4 Å². The number of amides is 1. The molecule has 0 atom stereocenters. The van der Waals surface area contributed by atoms with E-state index in [0.717, 1.165) is 68.6 Å². The summed E-state index contributed by atoms with van der Waals surface area (Å²) in [4.78, 5) is 108. The highest BCUT2D eigenvalue weighted by Gasteiger charge is 2.30. The predicted molar refractivity (Wildman–Crippen MR) is 283 cm³/mol. The molecule has 10 heterocycles. The number of nitrogens with zero attached hydrogens (tertiary/aromatic N) is 13. The van der Waals surface area contributed by atoms with Crippen LogP contribution in [-0.4, -0.2) is 172 Å². The zero-order valence-corrected chi connectivity index (χ0v) is 44.2. The number of carbonyl (C=O) groups is 6. The Kier molecular flexibility index (Phi) is 22.6. The number of hydrogen-bond acceptors (Lipinski definition) is 19. The van der Waals surface area contributed by atoms with Crippen molar-refractivity contribution < 1.29 is 63.1 Å². The van der Waals surface area contributed by atoms with E-state index in [1.807, 2.05) is 46.9 Å². The molecule has 5 aliphatic heterocycles. The third-order valence-electron chi connectivity index (χ3n) is 14.1. The van der Waals surface area contributed by atoms with E-state index in [9.17, 15) is 33.2 Å². The lowest BCUT2D eigenvalue weighted by molar-refractivity contribution is -0.143. The number of aryl methyl sites for hydroxylation is 2. The van der Waals surface area contributed by atoms with Crippen LogP contribution in [-0.2, 0) is 24.0 Å². The lowest BCUT2D eigenvalue weighted by Crippen LogP contribution is -2.40. The summed E-state index contributed by atoms with van der Waals surface area (Å²) in [6.07, 6.45) is 19.9. The fourth-order valence-corrected chi connectivity index (χ4v) is 9.26. The molecule has 0 aliphatic carbocycles. The van der Waals surface area contributed by atoms with Crippen molar-refractivity contribution in [1.82, 2.24) is 44.8 Å². The van der Waals surface area contributed by atoms with Crippen LogP contribution in [0, 0.1) is 49.3 Å². The normalized spacial score (nSPS) is 17.5. The first-order valence-electron chi connectivity index (χ1n) is 26.2. The SMILES string of the molecule is Cc1ccc(N2CCC(C(=O)O)CC2)nc1.Cc1cnc(N2CCC(C(=O)O)CC2)nc1.O=C(O)C1CCN(C(=O)c2cnco2)CC1.O=C(O)C1CCN(c2ncc(F)cn2)CC1.O=C(O)C1CCN(c2ncccn2)CC1. The van der Waals surface area contributed by atoms with Gasteiger partial charge in [0.25, 0.3) is 5.91 Å². The highest BCUT2D eigenvalue weighted by atomic mass is 19.1. The van der Waals surface area contributed by atoms with Crippen LogP contribution in [0.1, 0.15) is 85.9 Å². The molecule has 0 bridgehead atoms. The molecule has 79 heavy (non-hydrogen) atoms. The van der Waals surface area contributed by atoms with Crippen molar-refractivity contribution in [3.05, 3.63) is 96.9 Å². The second kappa shape index (κ2) is 29.9. The fraction of sp³-hybridized carbons (Fsp3) is 0.509. The average Bonchev–Trinajstić information content (AvgIpc) is 4.03. The minimum absolute atomic E-state index is 0.179. The lowest BCUT2D eigenvalue weighted by atomic mass is 9.97. The second-order valence-corrected chi connectivity index (χ2v) is 19.7. The fourth-order valence-electron chi connectivity index (χ4n) is 9.26. The Labute approximate surface area is 455 Å². The minimum Gasteiger partial charge on any atom is -0.481 e. The van der Waals surface area contributed by atoms with Crippen LogP contribution in [0.5, 0.6) is 0 Å².